The van der Waals surface area contributed by atoms with Crippen molar-refractivity contribution in [2.24, 2.45) is 0 Å². The van der Waals surface area contributed by atoms with Gasteiger partial charge in [-0.25, -0.2) is 0 Å². The van der Waals surface area contributed by atoms with Gasteiger partial charge in [-0.15, -0.1) is 0 Å². The zero-order valence-electron chi connectivity index (χ0n) is 19.3. The average Bonchev–Trinajstić information content (AvgIpc) is 3.27. The molecular formula is C26H34N4O3. The van der Waals surface area contributed by atoms with E-state index in [0.717, 1.165) is 92.3 Å². The molecule has 3 aliphatic rings. The van der Waals surface area contributed by atoms with Crippen LogP contribution < -0.4 is 5.32 Å². The number of ether oxygens (including phenoxy) is 1. The van der Waals surface area contributed by atoms with Crippen molar-refractivity contribution in [3.05, 3.63) is 46.9 Å². The van der Waals surface area contributed by atoms with E-state index in [1.165, 1.54) is 5.56 Å². The normalized spacial score (nSPS) is 24.3. The summed E-state index contributed by atoms with van der Waals surface area (Å²) >= 11 is 0. The smallest absolute Gasteiger partial charge is 0.0738 e. The van der Waals surface area contributed by atoms with E-state index in [9.17, 15) is 10.2 Å². The first-order valence-electron chi connectivity index (χ1n) is 12.2. The van der Waals surface area contributed by atoms with E-state index in [1.807, 2.05) is 19.3 Å². The van der Waals surface area contributed by atoms with Crippen LogP contribution in [-0.4, -0.2) is 69.6 Å². The molecule has 0 spiro atoms. The molecule has 1 unspecified atom stereocenters. The molecule has 33 heavy (non-hydrogen) atoms. The van der Waals surface area contributed by atoms with Gasteiger partial charge < -0.3 is 20.3 Å². The fourth-order valence-corrected chi connectivity index (χ4v) is 5.03. The van der Waals surface area contributed by atoms with Crippen LogP contribution >= 0.6 is 0 Å². The minimum absolute atomic E-state index is 0.187. The lowest BCUT2D eigenvalue weighted by Gasteiger charge is -2.29. The fraction of sp³-hybridized carbons (Fsp3) is 0.538. The molecule has 2 aliphatic carbocycles. The Morgan fingerprint density at radius 1 is 1.12 bits per heavy atom. The highest BCUT2D eigenvalue weighted by atomic mass is 16.5. The Bertz CT molecular complexity index is 991. The van der Waals surface area contributed by atoms with Gasteiger partial charge in [-0.05, 0) is 55.9 Å². The number of aromatic nitrogens is 2. The van der Waals surface area contributed by atoms with Gasteiger partial charge in [0, 0.05) is 55.6 Å². The highest BCUT2D eigenvalue weighted by Gasteiger charge is 2.26. The third-order valence-electron chi connectivity index (χ3n) is 7.09. The van der Waals surface area contributed by atoms with Gasteiger partial charge in [0.2, 0.25) is 0 Å². The molecule has 7 heteroatoms. The number of nitrogens with zero attached hydrogens (tertiary/aromatic N) is 3. The summed E-state index contributed by atoms with van der Waals surface area (Å²) in [6, 6.07) is 4.55. The zero-order chi connectivity index (χ0) is 22.8. The first-order valence-corrected chi connectivity index (χ1v) is 12.2. The average molecular weight is 451 g/mol. The van der Waals surface area contributed by atoms with Crippen LogP contribution in [0.3, 0.4) is 0 Å². The number of rotatable bonds is 6. The number of aliphatic hydroxyl groups is 2. The van der Waals surface area contributed by atoms with Crippen LogP contribution in [0.1, 0.15) is 49.4 Å². The highest BCUT2D eigenvalue weighted by Crippen LogP contribution is 2.39. The van der Waals surface area contributed by atoms with Gasteiger partial charge in [0.15, 0.2) is 0 Å². The first kappa shape index (κ1) is 22.5. The molecule has 2 aromatic rings. The second kappa shape index (κ2) is 9.89. The molecule has 176 valence electrons. The van der Waals surface area contributed by atoms with Crippen LogP contribution in [0.15, 0.2) is 30.1 Å². The predicted octanol–water partition coefficient (Wildman–Crippen LogP) is 3.01. The van der Waals surface area contributed by atoms with E-state index < -0.39 is 6.10 Å². The van der Waals surface area contributed by atoms with Gasteiger partial charge in [0.1, 0.15) is 0 Å². The number of hydrogen-bond acceptors (Lipinski definition) is 7. The number of hydrogen-bond donors (Lipinski definition) is 3. The Balaban J connectivity index is 1.43. The monoisotopic (exact) mass is 450 g/mol. The Morgan fingerprint density at radius 3 is 2.61 bits per heavy atom. The van der Waals surface area contributed by atoms with Crippen LogP contribution in [0, 0.1) is 0 Å². The van der Waals surface area contributed by atoms with E-state index in [1.54, 1.807) is 0 Å². The van der Waals surface area contributed by atoms with Crippen molar-refractivity contribution in [1.29, 1.82) is 0 Å². The minimum atomic E-state index is -0.488. The summed E-state index contributed by atoms with van der Waals surface area (Å²) in [5.41, 5.74) is 7.18. The number of morpholine rings is 1. The second-order valence-corrected chi connectivity index (χ2v) is 9.57. The first-order chi connectivity index (χ1) is 16.1. The molecule has 1 saturated heterocycles. The number of fused-ring (bicyclic) bond motifs is 1. The molecule has 1 aliphatic heterocycles. The molecule has 0 amide bonds. The Hall–Kier alpha value is -2.32. The number of nitrogens with one attached hydrogen (secondary N) is 1. The van der Waals surface area contributed by atoms with Crippen molar-refractivity contribution >= 4 is 11.8 Å². The van der Waals surface area contributed by atoms with E-state index in [2.05, 4.69) is 28.4 Å². The summed E-state index contributed by atoms with van der Waals surface area (Å²) in [5, 5.41) is 23.8. The lowest BCUT2D eigenvalue weighted by molar-refractivity contribution is 0.0341. The molecule has 3 heterocycles. The zero-order valence-corrected chi connectivity index (χ0v) is 19.3. The second-order valence-electron chi connectivity index (χ2n) is 9.57. The number of pyridine rings is 2. The van der Waals surface area contributed by atoms with Crippen molar-refractivity contribution in [1.82, 2.24) is 14.9 Å². The molecule has 1 saturated carbocycles. The summed E-state index contributed by atoms with van der Waals surface area (Å²) in [6.45, 7) is 6.19. The van der Waals surface area contributed by atoms with Gasteiger partial charge in [-0.3, -0.25) is 14.9 Å². The van der Waals surface area contributed by atoms with Gasteiger partial charge in [0.05, 0.1) is 42.5 Å². The van der Waals surface area contributed by atoms with E-state index in [4.69, 9.17) is 14.7 Å². The Morgan fingerprint density at radius 2 is 1.91 bits per heavy atom. The summed E-state index contributed by atoms with van der Waals surface area (Å²) in [5.74, 6) is 0. The van der Waals surface area contributed by atoms with E-state index >= 15 is 0 Å². The molecule has 3 N–H and O–H groups in total. The Kier molecular flexibility index (Phi) is 6.74. The van der Waals surface area contributed by atoms with Crippen molar-refractivity contribution in [2.75, 3.05) is 31.6 Å². The maximum atomic E-state index is 10.1. The van der Waals surface area contributed by atoms with Gasteiger partial charge in [-0.2, -0.15) is 0 Å². The van der Waals surface area contributed by atoms with Crippen LogP contribution in [0.2, 0.25) is 0 Å². The summed E-state index contributed by atoms with van der Waals surface area (Å²) in [4.78, 5) is 11.9. The molecule has 0 aromatic carbocycles. The number of anilines is 1. The van der Waals surface area contributed by atoms with Crippen molar-refractivity contribution < 1.29 is 14.9 Å². The number of aliphatic hydroxyl groups excluding tert-OH is 2. The fourth-order valence-electron chi connectivity index (χ4n) is 5.03. The van der Waals surface area contributed by atoms with E-state index in [0.29, 0.717) is 12.5 Å². The minimum Gasteiger partial charge on any atom is -0.393 e. The lowest BCUT2D eigenvalue weighted by Crippen LogP contribution is -2.35. The molecule has 0 radical (unpaired) electrons. The van der Waals surface area contributed by atoms with E-state index in [-0.39, 0.29) is 6.10 Å². The van der Waals surface area contributed by atoms with Crippen LogP contribution in [0.5, 0.6) is 0 Å². The maximum Gasteiger partial charge on any atom is 0.0738 e. The van der Waals surface area contributed by atoms with Crippen molar-refractivity contribution in [2.45, 2.75) is 63.8 Å². The highest BCUT2D eigenvalue weighted by molar-refractivity contribution is 5.86. The Labute approximate surface area is 195 Å². The molecule has 5 rings (SSSR count). The molecular weight excluding hydrogens is 416 g/mol. The third kappa shape index (κ3) is 5.11. The predicted molar refractivity (Wildman–Crippen MR) is 129 cm³/mol. The largest absolute Gasteiger partial charge is 0.393 e. The molecule has 2 aromatic heterocycles. The van der Waals surface area contributed by atoms with Crippen LogP contribution in [0.25, 0.3) is 17.3 Å². The third-order valence-corrected chi connectivity index (χ3v) is 7.09. The van der Waals surface area contributed by atoms with Crippen LogP contribution in [-0.2, 0) is 17.7 Å². The molecule has 7 nitrogen and oxygen atoms in total. The summed E-state index contributed by atoms with van der Waals surface area (Å²) in [6.07, 6.45) is 9.50. The molecule has 2 fully saturated rings. The van der Waals surface area contributed by atoms with Crippen molar-refractivity contribution in [3.63, 3.8) is 0 Å². The van der Waals surface area contributed by atoms with Crippen LogP contribution in [0.4, 0.5) is 5.69 Å². The van der Waals surface area contributed by atoms with Gasteiger partial charge >= 0.3 is 0 Å². The maximum absolute atomic E-state index is 10.1. The topological polar surface area (TPSA) is 90.7 Å². The summed E-state index contributed by atoms with van der Waals surface area (Å²) in [7, 11) is 0. The summed E-state index contributed by atoms with van der Waals surface area (Å²) < 4.78 is 5.45. The van der Waals surface area contributed by atoms with Crippen molar-refractivity contribution in [3.8, 4) is 11.3 Å². The standard InChI is InChI=1S/C26H34N4O3/c1-17(31)19-12-22-25(13-19)28-15-23(26(22)29-20-3-5-21(32)6-4-20)24-7-2-18(14-27-24)16-30-8-10-33-11-9-30/h2,7,12,14-15,17,20-21,31-32H,3-6,8-11,13,16H2,1H3,(H,28,29). The lowest BCUT2D eigenvalue weighted by atomic mass is 9.92. The van der Waals surface area contributed by atoms with Gasteiger partial charge in [-0.1, -0.05) is 6.07 Å². The van der Waals surface area contributed by atoms with Gasteiger partial charge in [0.25, 0.3) is 0 Å². The molecule has 0 bridgehead atoms. The SMILES string of the molecule is CC(O)C1=Cc2c(ncc(-c3ccc(CN4CCOCC4)cn3)c2NC2CCC(O)CC2)C1. The molecule has 1 atom stereocenters. The quantitative estimate of drug-likeness (QED) is 0.623.